The first-order valence-electron chi connectivity index (χ1n) is 4.51. The Labute approximate surface area is 82.8 Å². The Morgan fingerprint density at radius 1 is 1.69 bits per heavy atom. The van der Waals surface area contributed by atoms with Crippen molar-refractivity contribution >= 4 is 11.3 Å². The lowest BCUT2D eigenvalue weighted by Gasteiger charge is -2.08. The number of aliphatic hydroxyl groups excluding tert-OH is 1. The molecule has 1 heterocycles. The molecule has 1 unspecified atom stereocenters. The first-order valence-corrected chi connectivity index (χ1v) is 5.39. The Hall–Kier alpha value is -0.450. The topological polar surface area (TPSA) is 45.1 Å². The Balaban J connectivity index is 2.24. The van der Waals surface area contributed by atoms with Crippen molar-refractivity contribution in [2.75, 3.05) is 6.54 Å². The van der Waals surface area contributed by atoms with Crippen LogP contribution in [0.25, 0.3) is 0 Å². The predicted molar refractivity (Wildman–Crippen MR) is 54.9 cm³/mol. The molecule has 0 radical (unpaired) electrons. The van der Waals surface area contributed by atoms with Crippen molar-refractivity contribution in [1.82, 2.24) is 10.3 Å². The maximum absolute atomic E-state index is 9.28. The average Bonchev–Trinajstić information content (AvgIpc) is 2.52. The van der Waals surface area contributed by atoms with Gasteiger partial charge < -0.3 is 10.4 Å². The first-order chi connectivity index (χ1) is 6.24. The third-order valence-corrected chi connectivity index (χ3v) is 2.92. The fraction of sp³-hybridized carbons (Fsp3) is 0.667. The first kappa shape index (κ1) is 10.6. The van der Waals surface area contributed by atoms with Gasteiger partial charge in [-0.15, -0.1) is 11.3 Å². The van der Waals surface area contributed by atoms with E-state index in [1.54, 1.807) is 11.3 Å². The molecule has 2 N–H and O–H groups in total. The Bertz CT molecular complexity index is 250. The molecular weight excluding hydrogens is 184 g/mol. The zero-order valence-corrected chi connectivity index (χ0v) is 8.90. The van der Waals surface area contributed by atoms with Crippen LogP contribution in [0.15, 0.2) is 5.51 Å². The molecule has 3 nitrogen and oxygen atoms in total. The van der Waals surface area contributed by atoms with E-state index in [9.17, 15) is 5.11 Å². The Kier molecular flexibility index (Phi) is 4.35. The minimum atomic E-state index is -0.228. The minimum Gasteiger partial charge on any atom is -0.392 e. The van der Waals surface area contributed by atoms with E-state index in [2.05, 4.69) is 10.3 Å². The molecule has 1 rings (SSSR count). The van der Waals surface area contributed by atoms with Gasteiger partial charge in [0.15, 0.2) is 0 Å². The van der Waals surface area contributed by atoms with Gasteiger partial charge in [0.05, 0.1) is 17.3 Å². The van der Waals surface area contributed by atoms with Gasteiger partial charge >= 0.3 is 0 Å². The molecule has 74 valence electrons. The van der Waals surface area contributed by atoms with Gasteiger partial charge in [-0.05, 0) is 13.3 Å². The highest BCUT2D eigenvalue weighted by atomic mass is 32.1. The fourth-order valence-electron chi connectivity index (χ4n) is 0.993. The van der Waals surface area contributed by atoms with Crippen LogP contribution in [0.4, 0.5) is 0 Å². The molecule has 0 aliphatic heterocycles. The summed E-state index contributed by atoms with van der Waals surface area (Å²) in [7, 11) is 0. The molecular formula is C9H16N2OS. The van der Waals surface area contributed by atoms with E-state index in [0.29, 0.717) is 6.54 Å². The SMILES string of the molecule is CCC(O)CNCc1scnc1C. The highest BCUT2D eigenvalue weighted by Crippen LogP contribution is 2.10. The lowest BCUT2D eigenvalue weighted by atomic mass is 10.3. The van der Waals surface area contributed by atoms with E-state index in [0.717, 1.165) is 18.7 Å². The van der Waals surface area contributed by atoms with Crippen LogP contribution < -0.4 is 5.32 Å². The van der Waals surface area contributed by atoms with Gasteiger partial charge in [-0.25, -0.2) is 4.98 Å². The van der Waals surface area contributed by atoms with Gasteiger partial charge in [0.25, 0.3) is 0 Å². The minimum absolute atomic E-state index is 0.228. The van der Waals surface area contributed by atoms with Crippen molar-refractivity contribution in [3.8, 4) is 0 Å². The molecule has 0 saturated carbocycles. The third-order valence-electron chi connectivity index (χ3n) is 1.98. The number of aryl methyl sites for hydroxylation is 1. The summed E-state index contributed by atoms with van der Waals surface area (Å²) in [6.45, 7) is 5.45. The number of nitrogens with zero attached hydrogens (tertiary/aromatic N) is 1. The molecule has 0 aromatic carbocycles. The van der Waals surface area contributed by atoms with Gasteiger partial charge in [-0.2, -0.15) is 0 Å². The van der Waals surface area contributed by atoms with Crippen LogP contribution in [0.1, 0.15) is 23.9 Å². The number of aliphatic hydroxyl groups is 1. The van der Waals surface area contributed by atoms with E-state index in [1.807, 2.05) is 19.4 Å². The van der Waals surface area contributed by atoms with Crippen molar-refractivity contribution in [3.05, 3.63) is 16.1 Å². The number of rotatable bonds is 5. The number of hydrogen-bond donors (Lipinski definition) is 2. The predicted octanol–water partition coefficient (Wildman–Crippen LogP) is 1.31. The number of thiazole rings is 1. The van der Waals surface area contributed by atoms with Gasteiger partial charge in [-0.3, -0.25) is 0 Å². The van der Waals surface area contributed by atoms with Crippen molar-refractivity contribution in [1.29, 1.82) is 0 Å². The molecule has 0 bridgehead atoms. The average molecular weight is 200 g/mol. The second-order valence-electron chi connectivity index (χ2n) is 3.05. The number of aromatic nitrogens is 1. The van der Waals surface area contributed by atoms with Crippen LogP contribution in [-0.4, -0.2) is 22.7 Å². The number of hydrogen-bond acceptors (Lipinski definition) is 4. The van der Waals surface area contributed by atoms with Crippen LogP contribution in [0, 0.1) is 6.92 Å². The molecule has 1 aromatic rings. The molecule has 1 aromatic heterocycles. The molecule has 0 fully saturated rings. The Morgan fingerprint density at radius 3 is 3.00 bits per heavy atom. The van der Waals surface area contributed by atoms with Gasteiger partial charge in [0, 0.05) is 18.0 Å². The highest BCUT2D eigenvalue weighted by molar-refractivity contribution is 7.09. The normalized spacial score (nSPS) is 13.2. The van der Waals surface area contributed by atoms with Gasteiger partial charge in [0.1, 0.15) is 0 Å². The summed E-state index contributed by atoms with van der Waals surface area (Å²) in [5.41, 5.74) is 2.94. The fourth-order valence-corrected chi connectivity index (χ4v) is 1.74. The van der Waals surface area contributed by atoms with Crippen molar-refractivity contribution in [3.63, 3.8) is 0 Å². The summed E-state index contributed by atoms with van der Waals surface area (Å²) in [6, 6.07) is 0. The summed E-state index contributed by atoms with van der Waals surface area (Å²) in [6.07, 6.45) is 0.572. The molecule has 0 saturated heterocycles. The second-order valence-corrected chi connectivity index (χ2v) is 3.99. The van der Waals surface area contributed by atoms with Crippen molar-refractivity contribution in [2.24, 2.45) is 0 Å². The second kappa shape index (κ2) is 5.32. The lowest BCUT2D eigenvalue weighted by molar-refractivity contribution is 0.167. The van der Waals surface area contributed by atoms with E-state index < -0.39 is 0 Å². The smallest absolute Gasteiger partial charge is 0.0798 e. The van der Waals surface area contributed by atoms with E-state index in [4.69, 9.17) is 0 Å². The highest BCUT2D eigenvalue weighted by Gasteiger charge is 2.02. The van der Waals surface area contributed by atoms with Crippen LogP contribution in [0.5, 0.6) is 0 Å². The van der Waals surface area contributed by atoms with E-state index >= 15 is 0 Å². The summed E-state index contributed by atoms with van der Waals surface area (Å²) < 4.78 is 0. The summed E-state index contributed by atoms with van der Waals surface area (Å²) >= 11 is 1.65. The molecule has 1 atom stereocenters. The summed E-state index contributed by atoms with van der Waals surface area (Å²) in [4.78, 5) is 5.40. The maximum atomic E-state index is 9.28. The standard InChI is InChI=1S/C9H16N2OS/c1-3-8(12)4-10-5-9-7(2)11-6-13-9/h6,8,10,12H,3-5H2,1-2H3. The third kappa shape index (κ3) is 3.42. The zero-order chi connectivity index (χ0) is 9.68. The quantitative estimate of drug-likeness (QED) is 0.753. The van der Waals surface area contributed by atoms with E-state index in [1.165, 1.54) is 4.88 Å². The molecule has 0 aliphatic carbocycles. The Morgan fingerprint density at radius 2 is 2.46 bits per heavy atom. The van der Waals surface area contributed by atoms with E-state index in [-0.39, 0.29) is 6.10 Å². The molecule has 0 spiro atoms. The molecule has 0 amide bonds. The molecule has 0 aliphatic rings. The molecule has 4 heteroatoms. The zero-order valence-electron chi connectivity index (χ0n) is 8.08. The molecule has 13 heavy (non-hydrogen) atoms. The van der Waals surface area contributed by atoms with Crippen LogP contribution in [0.3, 0.4) is 0 Å². The van der Waals surface area contributed by atoms with Gasteiger partial charge in [0.2, 0.25) is 0 Å². The van der Waals surface area contributed by atoms with Crippen LogP contribution in [-0.2, 0) is 6.54 Å². The van der Waals surface area contributed by atoms with Crippen LogP contribution >= 0.6 is 11.3 Å². The summed E-state index contributed by atoms with van der Waals surface area (Å²) in [5, 5.41) is 12.5. The summed E-state index contributed by atoms with van der Waals surface area (Å²) in [5.74, 6) is 0. The number of nitrogens with one attached hydrogen (secondary N) is 1. The van der Waals surface area contributed by atoms with Crippen molar-refractivity contribution in [2.45, 2.75) is 32.9 Å². The van der Waals surface area contributed by atoms with Crippen molar-refractivity contribution < 1.29 is 5.11 Å². The van der Waals surface area contributed by atoms with Gasteiger partial charge in [-0.1, -0.05) is 6.92 Å². The monoisotopic (exact) mass is 200 g/mol. The maximum Gasteiger partial charge on any atom is 0.0798 e. The van der Waals surface area contributed by atoms with Crippen LogP contribution in [0.2, 0.25) is 0 Å². The lowest BCUT2D eigenvalue weighted by Crippen LogP contribution is -2.25. The largest absolute Gasteiger partial charge is 0.392 e.